The Bertz CT molecular complexity index is 6410. The second kappa shape index (κ2) is 28.3. The van der Waals surface area contributed by atoms with Gasteiger partial charge in [-0.05, 0) is 195 Å². The quantitative estimate of drug-likeness (QED) is 0.102. The summed E-state index contributed by atoms with van der Waals surface area (Å²) in [5.74, 6) is 3.09. The third-order valence-corrected chi connectivity index (χ3v) is 20.7. The zero-order chi connectivity index (χ0) is 75.2. The van der Waals surface area contributed by atoms with Gasteiger partial charge < -0.3 is 9.13 Å². The average molecular weight is 1430 g/mol. The first-order valence-corrected chi connectivity index (χ1v) is 36.6. The summed E-state index contributed by atoms with van der Waals surface area (Å²) in [4.78, 5) is 31.5. The number of nitriles is 4. The van der Waals surface area contributed by atoms with Crippen molar-refractivity contribution in [2.24, 2.45) is 0 Å². The van der Waals surface area contributed by atoms with Crippen LogP contribution in [-0.2, 0) is 0 Å². The van der Waals surface area contributed by atoms with E-state index >= 15 is 0 Å². The van der Waals surface area contributed by atoms with E-state index in [0.717, 1.165) is 155 Å². The molecule has 0 atom stereocenters. The third-order valence-electron chi connectivity index (χ3n) is 20.7. The van der Waals surface area contributed by atoms with Crippen LogP contribution in [0.3, 0.4) is 0 Å². The van der Waals surface area contributed by atoms with Crippen LogP contribution in [0.4, 0.5) is 0 Å². The molecule has 12 nitrogen and oxygen atoms in total. The minimum Gasteiger partial charge on any atom is -0.309 e. The van der Waals surface area contributed by atoms with Crippen molar-refractivity contribution in [3.05, 3.63) is 374 Å². The lowest BCUT2D eigenvalue weighted by Gasteiger charge is -2.19. The Labute approximate surface area is 644 Å². The largest absolute Gasteiger partial charge is 0.309 e. The molecule has 4 aromatic heterocycles. The van der Waals surface area contributed by atoms with Crippen LogP contribution in [0.15, 0.2) is 352 Å². The fraction of sp³-hybridized carbons (Fsp3) is 0. The minimum atomic E-state index is 0.484. The molecular weight excluding hydrogens is 1370 g/mol. The molecule has 0 spiro atoms. The van der Waals surface area contributed by atoms with Crippen molar-refractivity contribution in [1.29, 1.82) is 21.0 Å². The molecule has 0 bridgehead atoms. The fourth-order valence-corrected chi connectivity index (χ4v) is 15.3. The van der Waals surface area contributed by atoms with Gasteiger partial charge in [-0.3, -0.25) is 0 Å². The number of hydrogen-bond donors (Lipinski definition) is 0. The molecule has 12 heteroatoms. The highest BCUT2D eigenvalue weighted by molar-refractivity contribution is 6.14. The molecule has 0 saturated carbocycles. The first-order chi connectivity index (χ1) is 55.3. The highest BCUT2D eigenvalue weighted by Crippen LogP contribution is 2.46. The molecule has 0 fully saturated rings. The third kappa shape index (κ3) is 12.4. The number of rotatable bonds is 14. The molecule has 15 aromatic carbocycles. The SMILES string of the molecule is N#Cc1cccc(-c2ccc3c(c2)c2cc(-c4cccc(C#N)c4)ccc2n3-c2ccc(-c3nc(-c4ccccc4)nc(-c4ccccc4)n3)cc2-c2cccc(-c3cc(-c4nc(-c5ccccc5)nc(-c5ccccc5)n4)ccc3-n3c4ccc(-c5cccc(C#N)c5)cc4c4cc(-c5cccc(C#N)c5)ccc43)c2)c1. The van der Waals surface area contributed by atoms with Crippen molar-refractivity contribution in [3.8, 4) is 171 Å². The molecule has 518 valence electrons. The van der Waals surface area contributed by atoms with Gasteiger partial charge in [0.25, 0.3) is 0 Å². The van der Waals surface area contributed by atoms with Crippen LogP contribution >= 0.6 is 0 Å². The minimum absolute atomic E-state index is 0.484. The average Bonchev–Trinajstić information content (AvgIpc) is 1.57. The first-order valence-electron chi connectivity index (χ1n) is 36.6. The van der Waals surface area contributed by atoms with E-state index in [1.807, 2.05) is 218 Å². The van der Waals surface area contributed by atoms with Gasteiger partial charge in [0, 0.05) is 66.1 Å². The molecule has 0 aliphatic heterocycles. The van der Waals surface area contributed by atoms with Crippen LogP contribution in [0.1, 0.15) is 22.3 Å². The summed E-state index contributed by atoms with van der Waals surface area (Å²) < 4.78 is 4.68. The van der Waals surface area contributed by atoms with Crippen LogP contribution in [0, 0.1) is 45.3 Å². The molecule has 0 N–H and O–H groups in total. The van der Waals surface area contributed by atoms with Gasteiger partial charge in [-0.1, -0.05) is 212 Å². The number of fused-ring (bicyclic) bond motifs is 6. The van der Waals surface area contributed by atoms with Crippen LogP contribution in [-0.4, -0.2) is 39.0 Å². The van der Waals surface area contributed by atoms with E-state index in [0.29, 0.717) is 57.2 Å². The van der Waals surface area contributed by atoms with E-state index in [-0.39, 0.29) is 0 Å². The summed E-state index contributed by atoms with van der Waals surface area (Å²) in [6.45, 7) is 0. The Morgan fingerprint density at radius 2 is 0.402 bits per heavy atom. The van der Waals surface area contributed by atoms with Crippen molar-refractivity contribution in [3.63, 3.8) is 0 Å². The Hall–Kier alpha value is -16.1. The van der Waals surface area contributed by atoms with Crippen LogP contribution in [0.25, 0.3) is 190 Å². The van der Waals surface area contributed by atoms with Gasteiger partial charge in [0.2, 0.25) is 0 Å². The zero-order valence-corrected chi connectivity index (χ0v) is 59.9. The fourth-order valence-electron chi connectivity index (χ4n) is 15.3. The van der Waals surface area contributed by atoms with Gasteiger partial charge in [-0.15, -0.1) is 0 Å². The first kappa shape index (κ1) is 66.6. The van der Waals surface area contributed by atoms with Crippen LogP contribution in [0.2, 0.25) is 0 Å². The molecular formula is C100H58N12. The van der Waals surface area contributed by atoms with Crippen molar-refractivity contribution in [2.75, 3.05) is 0 Å². The predicted molar refractivity (Wildman–Crippen MR) is 446 cm³/mol. The maximum Gasteiger partial charge on any atom is 0.164 e. The Kier molecular flexibility index (Phi) is 16.8. The van der Waals surface area contributed by atoms with Gasteiger partial charge in [0.15, 0.2) is 34.9 Å². The summed E-state index contributed by atoms with van der Waals surface area (Å²) >= 11 is 0. The standard InChI is InChI=1S/C100H58N12/c101-59-63-18-13-30-71(48-63)75-36-42-91-85(53-75)86-54-76(72-31-14-19-64(49-72)60-102)37-43-92(86)111(91)89-46-40-81(99-107-95(67-22-5-1-6-23-67)105-96(108-99)68-24-7-2-8-25-68)57-83(89)79-34-17-35-80(52-79)84-58-82(100-109-97(69-26-9-3-10-27-69)106-98(110-100)70-28-11-4-12-29-70)41-47-90(84)112-93-44-38-77(73-32-15-20-65(50-73)61-103)55-87(93)88-56-78(39-45-94(88)112)74-33-16-21-66(51-74)62-104/h1-58H. The van der Waals surface area contributed by atoms with Gasteiger partial charge in [-0.25, -0.2) is 29.9 Å². The lowest BCUT2D eigenvalue weighted by molar-refractivity contribution is 1.07. The van der Waals surface area contributed by atoms with E-state index in [1.54, 1.807) is 0 Å². The summed E-state index contributed by atoms with van der Waals surface area (Å²) in [5.41, 5.74) is 23.6. The lowest BCUT2D eigenvalue weighted by Crippen LogP contribution is -2.02. The molecule has 19 rings (SSSR count). The van der Waals surface area contributed by atoms with E-state index in [4.69, 9.17) is 29.9 Å². The zero-order valence-electron chi connectivity index (χ0n) is 59.9. The van der Waals surface area contributed by atoms with E-state index in [1.165, 1.54) is 0 Å². The molecule has 0 aliphatic rings. The Morgan fingerprint density at radius 3 is 0.670 bits per heavy atom. The van der Waals surface area contributed by atoms with Gasteiger partial charge >= 0.3 is 0 Å². The molecule has 0 unspecified atom stereocenters. The monoisotopic (exact) mass is 1430 g/mol. The van der Waals surface area contributed by atoms with Crippen molar-refractivity contribution < 1.29 is 0 Å². The van der Waals surface area contributed by atoms with Crippen LogP contribution in [0.5, 0.6) is 0 Å². The second-order valence-electron chi connectivity index (χ2n) is 27.5. The molecule has 0 aliphatic carbocycles. The smallest absolute Gasteiger partial charge is 0.164 e. The molecule has 0 saturated heterocycles. The Balaban J connectivity index is 0.882. The van der Waals surface area contributed by atoms with Gasteiger partial charge in [0.1, 0.15) is 0 Å². The topological polar surface area (TPSA) is 182 Å². The highest BCUT2D eigenvalue weighted by Gasteiger charge is 2.25. The summed E-state index contributed by atoms with van der Waals surface area (Å²) in [5, 5.41) is 44.5. The maximum absolute atomic E-state index is 10.1. The molecule has 112 heavy (non-hydrogen) atoms. The summed E-state index contributed by atoms with van der Waals surface area (Å²) in [6, 6.07) is 128. The molecule has 0 amide bonds. The number of hydrogen-bond acceptors (Lipinski definition) is 10. The number of aromatic nitrogens is 8. The van der Waals surface area contributed by atoms with Crippen LogP contribution < -0.4 is 0 Å². The predicted octanol–water partition coefficient (Wildman–Crippen LogP) is 23.7. The maximum atomic E-state index is 10.1. The summed E-state index contributed by atoms with van der Waals surface area (Å²) in [6.07, 6.45) is 0. The van der Waals surface area contributed by atoms with Gasteiger partial charge in [0.05, 0.1) is 80.0 Å². The van der Waals surface area contributed by atoms with Crippen molar-refractivity contribution in [2.45, 2.75) is 0 Å². The van der Waals surface area contributed by atoms with Gasteiger partial charge in [-0.2, -0.15) is 21.0 Å². The summed E-state index contributed by atoms with van der Waals surface area (Å²) in [7, 11) is 0. The van der Waals surface area contributed by atoms with E-state index in [2.05, 4.69) is 167 Å². The Morgan fingerprint density at radius 1 is 0.179 bits per heavy atom. The van der Waals surface area contributed by atoms with Crippen molar-refractivity contribution >= 4 is 43.6 Å². The molecule has 4 heterocycles. The van der Waals surface area contributed by atoms with E-state index < -0.39 is 0 Å². The number of nitrogens with zero attached hydrogens (tertiary/aromatic N) is 12. The molecule has 19 aromatic rings. The lowest BCUT2D eigenvalue weighted by atomic mass is 9.94. The van der Waals surface area contributed by atoms with E-state index in [9.17, 15) is 21.0 Å². The molecule has 0 radical (unpaired) electrons. The van der Waals surface area contributed by atoms with Crippen molar-refractivity contribution in [1.82, 2.24) is 39.0 Å². The number of benzene rings is 15. The second-order valence-corrected chi connectivity index (χ2v) is 27.5. The highest BCUT2D eigenvalue weighted by atomic mass is 15.1. The normalized spacial score (nSPS) is 11.2.